The average molecular weight is 276 g/mol. The highest BCUT2D eigenvalue weighted by Crippen LogP contribution is 2.19. The molecule has 0 unspecified atom stereocenters. The summed E-state index contributed by atoms with van der Waals surface area (Å²) >= 11 is 0. The van der Waals surface area contributed by atoms with E-state index in [-0.39, 0.29) is 24.2 Å². The molecule has 1 amide bonds. The second kappa shape index (κ2) is 6.86. The second-order valence-electron chi connectivity index (χ2n) is 5.80. The molecule has 0 aliphatic carbocycles. The number of piperidine rings is 1. The Balaban J connectivity index is 1.81. The molecule has 1 aliphatic rings. The molecule has 4 nitrogen and oxygen atoms in total. The summed E-state index contributed by atoms with van der Waals surface area (Å²) in [6, 6.07) is 9.98. The molecule has 1 heterocycles. The van der Waals surface area contributed by atoms with Gasteiger partial charge in [0.15, 0.2) is 0 Å². The Hall–Kier alpha value is -1.39. The third-order valence-electron chi connectivity index (χ3n) is 3.68. The summed E-state index contributed by atoms with van der Waals surface area (Å²) in [5.74, 6) is -0.0580. The highest BCUT2D eigenvalue weighted by atomic mass is 16.5. The molecular formula is C16H24N2O2. The summed E-state index contributed by atoms with van der Waals surface area (Å²) in [6.07, 6.45) is 2.17. The van der Waals surface area contributed by atoms with Gasteiger partial charge in [-0.2, -0.15) is 0 Å². The monoisotopic (exact) mass is 276 g/mol. The number of carbonyl (C=O) groups is 1. The number of hydrogen-bond acceptors (Lipinski definition) is 3. The fourth-order valence-electron chi connectivity index (χ4n) is 2.47. The summed E-state index contributed by atoms with van der Waals surface area (Å²) < 4.78 is 5.67. The summed E-state index contributed by atoms with van der Waals surface area (Å²) in [4.78, 5) is 12.0. The Kier molecular flexibility index (Phi) is 5.15. The van der Waals surface area contributed by atoms with Crippen LogP contribution in [0.25, 0.3) is 0 Å². The van der Waals surface area contributed by atoms with Crippen molar-refractivity contribution in [3.05, 3.63) is 35.9 Å². The molecular weight excluding hydrogens is 252 g/mol. The lowest BCUT2D eigenvalue weighted by atomic mass is 9.94. The van der Waals surface area contributed by atoms with Crippen molar-refractivity contribution in [2.24, 2.45) is 0 Å². The van der Waals surface area contributed by atoms with E-state index in [0.717, 1.165) is 31.5 Å². The Morgan fingerprint density at radius 3 is 2.60 bits per heavy atom. The Morgan fingerprint density at radius 1 is 1.30 bits per heavy atom. The molecule has 4 heteroatoms. The maximum absolute atomic E-state index is 12.0. The number of carbonyl (C=O) groups excluding carboxylic acids is 1. The molecule has 0 aromatic heterocycles. The predicted molar refractivity (Wildman–Crippen MR) is 79.5 cm³/mol. The van der Waals surface area contributed by atoms with E-state index in [1.807, 2.05) is 44.2 Å². The first kappa shape index (κ1) is 15.0. The lowest BCUT2D eigenvalue weighted by Gasteiger charge is -2.28. The van der Waals surface area contributed by atoms with Crippen molar-refractivity contribution in [3.63, 3.8) is 0 Å². The molecule has 0 radical (unpaired) electrons. The van der Waals surface area contributed by atoms with Crippen LogP contribution in [-0.4, -0.2) is 31.7 Å². The van der Waals surface area contributed by atoms with Gasteiger partial charge in [-0.15, -0.1) is 0 Å². The summed E-state index contributed by atoms with van der Waals surface area (Å²) in [5.41, 5.74) is 0.714. The fraction of sp³-hybridized carbons (Fsp3) is 0.562. The minimum absolute atomic E-state index is 0.0580. The van der Waals surface area contributed by atoms with E-state index in [1.54, 1.807) is 0 Å². The predicted octanol–water partition coefficient (Wildman–Crippen LogP) is 1.81. The number of nitrogens with one attached hydrogen (secondary N) is 2. The average Bonchev–Trinajstić information content (AvgIpc) is 2.47. The molecule has 0 saturated carbocycles. The smallest absolute Gasteiger partial charge is 0.246 e. The fourth-order valence-corrected chi connectivity index (χ4v) is 2.47. The van der Waals surface area contributed by atoms with Gasteiger partial charge in [-0.1, -0.05) is 30.3 Å². The lowest BCUT2D eigenvalue weighted by Crippen LogP contribution is -2.43. The molecule has 110 valence electrons. The SMILES string of the molecule is CC(C)(NC(=O)COC1CCNCC1)c1ccccc1. The Labute approximate surface area is 120 Å². The first-order valence-electron chi connectivity index (χ1n) is 7.27. The van der Waals surface area contributed by atoms with Crippen LogP contribution in [0.5, 0.6) is 0 Å². The van der Waals surface area contributed by atoms with Crippen molar-refractivity contribution >= 4 is 5.91 Å². The zero-order valence-electron chi connectivity index (χ0n) is 12.3. The van der Waals surface area contributed by atoms with Crippen LogP contribution < -0.4 is 10.6 Å². The van der Waals surface area contributed by atoms with Crippen molar-refractivity contribution in [2.75, 3.05) is 19.7 Å². The van der Waals surface area contributed by atoms with Gasteiger partial charge in [-0.25, -0.2) is 0 Å². The first-order chi connectivity index (χ1) is 9.58. The summed E-state index contributed by atoms with van der Waals surface area (Å²) in [7, 11) is 0. The quantitative estimate of drug-likeness (QED) is 0.862. The molecule has 20 heavy (non-hydrogen) atoms. The van der Waals surface area contributed by atoms with Gasteiger partial charge in [0.05, 0.1) is 11.6 Å². The molecule has 1 saturated heterocycles. The van der Waals surface area contributed by atoms with Gasteiger partial charge < -0.3 is 15.4 Å². The third kappa shape index (κ3) is 4.32. The van der Waals surface area contributed by atoms with Gasteiger partial charge in [0.1, 0.15) is 6.61 Å². The molecule has 1 aromatic carbocycles. The van der Waals surface area contributed by atoms with E-state index in [4.69, 9.17) is 4.74 Å². The molecule has 1 aromatic rings. The van der Waals surface area contributed by atoms with Crippen LogP contribution in [-0.2, 0) is 15.1 Å². The first-order valence-corrected chi connectivity index (χ1v) is 7.27. The van der Waals surface area contributed by atoms with Crippen LogP contribution >= 0.6 is 0 Å². The van der Waals surface area contributed by atoms with Crippen molar-refractivity contribution in [1.29, 1.82) is 0 Å². The molecule has 0 atom stereocenters. The van der Waals surface area contributed by atoms with Crippen LogP contribution in [0.1, 0.15) is 32.3 Å². The molecule has 0 spiro atoms. The lowest BCUT2D eigenvalue weighted by molar-refractivity contribution is -0.130. The van der Waals surface area contributed by atoms with Crippen molar-refractivity contribution in [1.82, 2.24) is 10.6 Å². The number of rotatable bonds is 5. The van der Waals surface area contributed by atoms with Crippen LogP contribution in [0, 0.1) is 0 Å². The van der Waals surface area contributed by atoms with Crippen LogP contribution in [0.2, 0.25) is 0 Å². The number of amides is 1. The van der Waals surface area contributed by atoms with Gasteiger partial charge in [-0.05, 0) is 45.3 Å². The van der Waals surface area contributed by atoms with Crippen molar-refractivity contribution in [3.8, 4) is 0 Å². The maximum Gasteiger partial charge on any atom is 0.246 e. The molecule has 1 aliphatic heterocycles. The van der Waals surface area contributed by atoms with E-state index in [2.05, 4.69) is 10.6 Å². The van der Waals surface area contributed by atoms with E-state index < -0.39 is 0 Å². The Morgan fingerprint density at radius 2 is 1.95 bits per heavy atom. The maximum atomic E-state index is 12.0. The molecule has 1 fully saturated rings. The highest BCUT2D eigenvalue weighted by Gasteiger charge is 2.23. The Bertz CT molecular complexity index is 425. The minimum Gasteiger partial charge on any atom is -0.368 e. The largest absolute Gasteiger partial charge is 0.368 e. The van der Waals surface area contributed by atoms with Gasteiger partial charge in [-0.3, -0.25) is 4.79 Å². The zero-order valence-corrected chi connectivity index (χ0v) is 12.3. The van der Waals surface area contributed by atoms with Gasteiger partial charge in [0.2, 0.25) is 5.91 Å². The molecule has 2 N–H and O–H groups in total. The van der Waals surface area contributed by atoms with Gasteiger partial charge in [0, 0.05) is 0 Å². The van der Waals surface area contributed by atoms with Crippen LogP contribution in [0.15, 0.2) is 30.3 Å². The minimum atomic E-state index is -0.379. The van der Waals surface area contributed by atoms with Crippen molar-refractivity contribution in [2.45, 2.75) is 38.3 Å². The van der Waals surface area contributed by atoms with Gasteiger partial charge in [0.25, 0.3) is 0 Å². The standard InChI is InChI=1S/C16H24N2O2/c1-16(2,13-6-4-3-5-7-13)18-15(19)12-20-14-8-10-17-11-9-14/h3-7,14,17H,8-12H2,1-2H3,(H,18,19). The van der Waals surface area contributed by atoms with E-state index >= 15 is 0 Å². The molecule has 0 bridgehead atoms. The summed E-state index contributed by atoms with van der Waals surface area (Å²) in [6.45, 7) is 6.10. The van der Waals surface area contributed by atoms with Gasteiger partial charge >= 0.3 is 0 Å². The topological polar surface area (TPSA) is 50.4 Å². The molecule has 2 rings (SSSR count). The van der Waals surface area contributed by atoms with Crippen LogP contribution in [0.4, 0.5) is 0 Å². The van der Waals surface area contributed by atoms with E-state index in [1.165, 1.54) is 0 Å². The number of hydrogen-bond donors (Lipinski definition) is 2. The summed E-state index contributed by atoms with van der Waals surface area (Å²) in [5, 5.41) is 6.31. The van der Waals surface area contributed by atoms with Crippen LogP contribution in [0.3, 0.4) is 0 Å². The highest BCUT2D eigenvalue weighted by molar-refractivity contribution is 5.78. The normalized spacial score (nSPS) is 16.9. The zero-order chi connectivity index (χ0) is 14.4. The van der Waals surface area contributed by atoms with E-state index in [9.17, 15) is 4.79 Å². The second-order valence-corrected chi connectivity index (χ2v) is 5.80. The van der Waals surface area contributed by atoms with E-state index in [0.29, 0.717) is 0 Å². The number of benzene rings is 1. The third-order valence-corrected chi connectivity index (χ3v) is 3.68. The van der Waals surface area contributed by atoms with Crippen molar-refractivity contribution < 1.29 is 9.53 Å². The number of ether oxygens (including phenoxy) is 1.